The molecule has 8 heteroatoms. The van der Waals surface area contributed by atoms with Crippen LogP contribution < -0.4 is 5.32 Å². The summed E-state index contributed by atoms with van der Waals surface area (Å²) in [6, 6.07) is 14.9. The minimum Gasteiger partial charge on any atom is -0.455 e. The zero-order chi connectivity index (χ0) is 22.6. The maximum Gasteiger partial charge on any atom is 0.309 e. The van der Waals surface area contributed by atoms with Crippen LogP contribution in [0.5, 0.6) is 0 Å². The highest BCUT2D eigenvalue weighted by molar-refractivity contribution is 7.89. The normalized spacial score (nSPS) is 17.0. The second-order valence-electron chi connectivity index (χ2n) is 8.33. The van der Waals surface area contributed by atoms with Gasteiger partial charge in [-0.15, -0.1) is 0 Å². The Bertz CT molecular complexity index is 1080. The molecule has 0 aromatic heterocycles. The van der Waals surface area contributed by atoms with Crippen LogP contribution in [0.15, 0.2) is 53.4 Å². The predicted molar refractivity (Wildman–Crippen MR) is 119 cm³/mol. The molecule has 1 aliphatic carbocycles. The number of aryl methyl sites for hydroxylation is 2. The first-order chi connectivity index (χ1) is 15.4. The highest BCUT2D eigenvalue weighted by Crippen LogP contribution is 2.28. The fraction of sp³-hybridized carbons (Fsp3) is 0.417. The lowest BCUT2D eigenvalue weighted by Crippen LogP contribution is -2.41. The molecule has 7 nitrogen and oxygen atoms in total. The van der Waals surface area contributed by atoms with Crippen LogP contribution in [0.2, 0.25) is 0 Å². The number of esters is 1. The smallest absolute Gasteiger partial charge is 0.309 e. The first kappa shape index (κ1) is 22.5. The van der Waals surface area contributed by atoms with Gasteiger partial charge in [0.2, 0.25) is 10.0 Å². The third kappa shape index (κ3) is 5.19. The van der Waals surface area contributed by atoms with Gasteiger partial charge in [-0.3, -0.25) is 9.59 Å². The SMILES string of the molecule is O=C(COC(=O)C1CCN(S(=O)(=O)c2ccc3c(c2)CCC3)CC1)NCc1ccccc1. The van der Waals surface area contributed by atoms with E-state index in [0.29, 0.717) is 24.3 Å². The molecule has 1 N–H and O–H groups in total. The number of nitrogens with zero attached hydrogens (tertiary/aromatic N) is 1. The molecule has 1 heterocycles. The third-order valence-corrected chi connectivity index (χ3v) is 8.07. The molecule has 0 spiro atoms. The molecule has 2 aromatic rings. The van der Waals surface area contributed by atoms with Gasteiger partial charge < -0.3 is 10.1 Å². The predicted octanol–water partition coefficient (Wildman–Crippen LogP) is 2.44. The Labute approximate surface area is 188 Å². The zero-order valence-corrected chi connectivity index (χ0v) is 18.8. The average Bonchev–Trinajstić information content (AvgIpc) is 3.30. The number of hydrogen-bond donors (Lipinski definition) is 1. The zero-order valence-electron chi connectivity index (χ0n) is 18.0. The fourth-order valence-electron chi connectivity index (χ4n) is 4.29. The van der Waals surface area contributed by atoms with E-state index in [-0.39, 0.29) is 25.6 Å². The molecule has 1 fully saturated rings. The molecule has 1 aliphatic heterocycles. The molecular formula is C24H28N2O5S. The molecule has 0 unspecified atom stereocenters. The van der Waals surface area contributed by atoms with Crippen LogP contribution in [0.4, 0.5) is 0 Å². The summed E-state index contributed by atoms with van der Waals surface area (Å²) in [6.07, 6.45) is 3.76. The Morgan fingerprint density at radius 1 is 1.00 bits per heavy atom. The Hall–Kier alpha value is -2.71. The van der Waals surface area contributed by atoms with Crippen molar-refractivity contribution in [3.05, 3.63) is 65.2 Å². The van der Waals surface area contributed by atoms with Crippen LogP contribution in [-0.4, -0.2) is 44.3 Å². The average molecular weight is 457 g/mol. The number of benzene rings is 2. The molecule has 2 aromatic carbocycles. The number of carbonyl (C=O) groups is 2. The van der Waals surface area contributed by atoms with Gasteiger partial charge in [0.05, 0.1) is 10.8 Å². The van der Waals surface area contributed by atoms with Gasteiger partial charge in [0.15, 0.2) is 6.61 Å². The van der Waals surface area contributed by atoms with Gasteiger partial charge in [-0.05, 0) is 60.9 Å². The van der Waals surface area contributed by atoms with Crippen LogP contribution in [0, 0.1) is 5.92 Å². The summed E-state index contributed by atoms with van der Waals surface area (Å²) in [5.41, 5.74) is 3.32. The van der Waals surface area contributed by atoms with E-state index < -0.39 is 21.9 Å². The van der Waals surface area contributed by atoms with Gasteiger partial charge in [-0.1, -0.05) is 36.4 Å². The van der Waals surface area contributed by atoms with E-state index in [1.54, 1.807) is 12.1 Å². The monoisotopic (exact) mass is 456 g/mol. The van der Waals surface area contributed by atoms with E-state index in [1.165, 1.54) is 9.87 Å². The molecule has 1 saturated heterocycles. The molecule has 0 saturated carbocycles. The lowest BCUT2D eigenvalue weighted by Gasteiger charge is -2.30. The first-order valence-electron chi connectivity index (χ1n) is 11.0. The van der Waals surface area contributed by atoms with Crippen molar-refractivity contribution in [3.63, 3.8) is 0 Å². The number of nitrogens with one attached hydrogen (secondary N) is 1. The Balaban J connectivity index is 1.24. The fourth-order valence-corrected chi connectivity index (χ4v) is 5.81. The third-order valence-electron chi connectivity index (χ3n) is 6.17. The van der Waals surface area contributed by atoms with Crippen molar-refractivity contribution in [1.29, 1.82) is 0 Å². The molecular weight excluding hydrogens is 428 g/mol. The van der Waals surface area contributed by atoms with E-state index in [1.807, 2.05) is 36.4 Å². The number of piperidine rings is 1. The van der Waals surface area contributed by atoms with Gasteiger partial charge in [0.25, 0.3) is 5.91 Å². The van der Waals surface area contributed by atoms with Crippen molar-refractivity contribution in [2.45, 2.75) is 43.5 Å². The summed E-state index contributed by atoms with van der Waals surface area (Å²) in [4.78, 5) is 24.6. The Kier molecular flexibility index (Phi) is 6.91. The number of amides is 1. The minimum atomic E-state index is -3.58. The van der Waals surface area contributed by atoms with Crippen molar-refractivity contribution in [2.75, 3.05) is 19.7 Å². The van der Waals surface area contributed by atoms with Crippen molar-refractivity contribution >= 4 is 21.9 Å². The Morgan fingerprint density at radius 2 is 1.72 bits per heavy atom. The maximum atomic E-state index is 13.0. The lowest BCUT2D eigenvalue weighted by atomic mass is 9.98. The molecule has 1 amide bonds. The topological polar surface area (TPSA) is 92.8 Å². The van der Waals surface area contributed by atoms with Crippen LogP contribution in [0.1, 0.15) is 36.0 Å². The summed E-state index contributed by atoms with van der Waals surface area (Å²) >= 11 is 0. The number of carbonyl (C=O) groups excluding carboxylic acids is 2. The van der Waals surface area contributed by atoms with Crippen LogP contribution in [0.25, 0.3) is 0 Å². The number of ether oxygens (including phenoxy) is 1. The molecule has 0 atom stereocenters. The number of sulfonamides is 1. The quantitative estimate of drug-likeness (QED) is 0.646. The molecule has 4 rings (SSSR count). The summed E-state index contributed by atoms with van der Waals surface area (Å²) in [5, 5.41) is 2.72. The maximum absolute atomic E-state index is 13.0. The van der Waals surface area contributed by atoms with Crippen LogP contribution >= 0.6 is 0 Å². The van der Waals surface area contributed by atoms with Gasteiger partial charge >= 0.3 is 5.97 Å². The van der Waals surface area contributed by atoms with Crippen molar-refractivity contribution < 1.29 is 22.7 Å². The largest absolute Gasteiger partial charge is 0.455 e. The van der Waals surface area contributed by atoms with Crippen LogP contribution in [-0.2, 0) is 43.7 Å². The number of hydrogen-bond acceptors (Lipinski definition) is 5. The summed E-state index contributed by atoms with van der Waals surface area (Å²) in [5.74, 6) is -1.21. The van der Waals surface area contributed by atoms with Gasteiger partial charge in [0, 0.05) is 19.6 Å². The molecule has 2 aliphatic rings. The highest BCUT2D eigenvalue weighted by atomic mass is 32.2. The minimum absolute atomic E-state index is 0.263. The molecule has 0 bridgehead atoms. The van der Waals surface area contributed by atoms with E-state index in [2.05, 4.69) is 5.32 Å². The second kappa shape index (κ2) is 9.83. The van der Waals surface area contributed by atoms with E-state index in [9.17, 15) is 18.0 Å². The summed E-state index contributed by atoms with van der Waals surface area (Å²) in [6.45, 7) is 0.564. The summed E-state index contributed by atoms with van der Waals surface area (Å²) in [7, 11) is -3.58. The van der Waals surface area contributed by atoms with E-state index >= 15 is 0 Å². The number of rotatable bonds is 7. The lowest BCUT2D eigenvalue weighted by molar-refractivity contribution is -0.153. The Morgan fingerprint density at radius 3 is 2.47 bits per heavy atom. The molecule has 32 heavy (non-hydrogen) atoms. The first-order valence-corrected chi connectivity index (χ1v) is 12.5. The van der Waals surface area contributed by atoms with Gasteiger partial charge in [-0.2, -0.15) is 4.31 Å². The van der Waals surface area contributed by atoms with E-state index in [4.69, 9.17) is 4.74 Å². The summed E-state index contributed by atoms with van der Waals surface area (Å²) < 4.78 is 32.7. The van der Waals surface area contributed by atoms with Crippen molar-refractivity contribution in [2.24, 2.45) is 5.92 Å². The second-order valence-corrected chi connectivity index (χ2v) is 10.3. The highest BCUT2D eigenvalue weighted by Gasteiger charge is 2.33. The van der Waals surface area contributed by atoms with Gasteiger partial charge in [-0.25, -0.2) is 8.42 Å². The number of fused-ring (bicyclic) bond motifs is 1. The van der Waals surface area contributed by atoms with Crippen LogP contribution in [0.3, 0.4) is 0 Å². The van der Waals surface area contributed by atoms with E-state index in [0.717, 1.165) is 30.4 Å². The molecule has 0 radical (unpaired) electrons. The standard InChI is InChI=1S/C24H28N2O5S/c27-23(25-16-18-5-2-1-3-6-18)17-31-24(28)20-11-13-26(14-12-20)32(29,30)22-10-9-19-7-4-8-21(19)15-22/h1-3,5-6,9-10,15,20H,4,7-8,11-14,16-17H2,(H,25,27). The van der Waals surface area contributed by atoms with Gasteiger partial charge in [0.1, 0.15) is 0 Å². The van der Waals surface area contributed by atoms with Crippen molar-refractivity contribution in [1.82, 2.24) is 9.62 Å². The van der Waals surface area contributed by atoms with Crippen molar-refractivity contribution in [3.8, 4) is 0 Å². The molecule has 170 valence electrons.